The van der Waals surface area contributed by atoms with E-state index in [2.05, 4.69) is 10.3 Å². The molecule has 0 atom stereocenters. The molecule has 0 radical (unpaired) electrons. The van der Waals surface area contributed by atoms with Crippen molar-refractivity contribution in [3.8, 4) is 11.5 Å². The number of ether oxygens (including phenoxy) is 2. The second-order valence-electron chi connectivity index (χ2n) is 5.00. The van der Waals surface area contributed by atoms with E-state index in [1.807, 2.05) is 41.8 Å². The summed E-state index contributed by atoms with van der Waals surface area (Å²) in [5.41, 5.74) is 2.48. The van der Waals surface area contributed by atoms with Gasteiger partial charge in [0.05, 0.1) is 12.8 Å². The average molecular weight is 311 g/mol. The lowest BCUT2D eigenvalue weighted by molar-refractivity contribution is -0.118. The minimum absolute atomic E-state index is 0.0748. The Hall–Kier alpha value is -3.02. The number of amides is 1. The number of aryl methyl sites for hydroxylation is 1. The zero-order chi connectivity index (χ0) is 16.2. The molecule has 0 fully saturated rings. The molecule has 0 saturated carbocycles. The first-order chi connectivity index (χ1) is 11.2. The zero-order valence-corrected chi connectivity index (χ0v) is 12.9. The highest BCUT2D eigenvalue weighted by molar-refractivity contribution is 5.92. The van der Waals surface area contributed by atoms with Crippen molar-refractivity contribution in [1.82, 2.24) is 9.38 Å². The molecule has 2 heterocycles. The van der Waals surface area contributed by atoms with Crippen molar-refractivity contribution < 1.29 is 14.3 Å². The quantitative estimate of drug-likeness (QED) is 0.787. The summed E-state index contributed by atoms with van der Waals surface area (Å²) in [6.07, 6.45) is 3.58. The number of methoxy groups -OCH3 is 1. The van der Waals surface area contributed by atoms with E-state index in [9.17, 15) is 4.79 Å². The standard InChI is InChI=1S/C17H17N3O3/c1-12-15(6-7-16-18-8-9-20(12)16)19-17(21)11-23-14-5-3-4-13(10-14)22-2/h3-10H,11H2,1-2H3,(H,19,21). The molecule has 3 aromatic rings. The molecule has 1 aromatic carbocycles. The van der Waals surface area contributed by atoms with Gasteiger partial charge in [-0.15, -0.1) is 0 Å². The summed E-state index contributed by atoms with van der Waals surface area (Å²) < 4.78 is 12.5. The number of benzene rings is 1. The SMILES string of the molecule is COc1cccc(OCC(=O)Nc2ccc3nccn3c2C)c1. The number of rotatable bonds is 5. The fourth-order valence-electron chi connectivity index (χ4n) is 2.29. The molecule has 3 rings (SSSR count). The van der Waals surface area contributed by atoms with Crippen LogP contribution in [0.1, 0.15) is 5.69 Å². The van der Waals surface area contributed by atoms with Gasteiger partial charge >= 0.3 is 0 Å². The number of pyridine rings is 1. The lowest BCUT2D eigenvalue weighted by atomic mass is 10.3. The van der Waals surface area contributed by atoms with Crippen LogP contribution in [0.25, 0.3) is 5.65 Å². The largest absolute Gasteiger partial charge is 0.497 e. The number of anilines is 1. The first kappa shape index (κ1) is 14.9. The molecule has 0 spiro atoms. The van der Waals surface area contributed by atoms with E-state index in [0.29, 0.717) is 11.5 Å². The first-order valence-corrected chi connectivity index (χ1v) is 7.17. The van der Waals surface area contributed by atoms with Gasteiger partial charge in [0.2, 0.25) is 0 Å². The van der Waals surface area contributed by atoms with Crippen molar-refractivity contribution in [3.05, 3.63) is 54.5 Å². The minimum Gasteiger partial charge on any atom is -0.497 e. The monoisotopic (exact) mass is 311 g/mol. The number of carbonyl (C=O) groups excluding carboxylic acids is 1. The highest BCUT2D eigenvalue weighted by Gasteiger charge is 2.08. The Morgan fingerprint density at radius 1 is 1.26 bits per heavy atom. The molecule has 0 unspecified atom stereocenters. The van der Waals surface area contributed by atoms with Crippen molar-refractivity contribution >= 4 is 17.2 Å². The van der Waals surface area contributed by atoms with Crippen molar-refractivity contribution in [3.63, 3.8) is 0 Å². The van der Waals surface area contributed by atoms with Crippen molar-refractivity contribution in [2.24, 2.45) is 0 Å². The Morgan fingerprint density at radius 2 is 2.09 bits per heavy atom. The maximum atomic E-state index is 12.1. The highest BCUT2D eigenvalue weighted by atomic mass is 16.5. The van der Waals surface area contributed by atoms with Gasteiger partial charge in [-0.25, -0.2) is 4.98 Å². The van der Waals surface area contributed by atoms with E-state index in [1.54, 1.807) is 25.4 Å². The molecule has 0 aliphatic heterocycles. The van der Waals surface area contributed by atoms with Crippen molar-refractivity contribution in [2.75, 3.05) is 19.0 Å². The van der Waals surface area contributed by atoms with Crippen molar-refractivity contribution in [1.29, 1.82) is 0 Å². The predicted octanol–water partition coefficient (Wildman–Crippen LogP) is 2.67. The van der Waals surface area contributed by atoms with E-state index in [0.717, 1.165) is 17.0 Å². The zero-order valence-electron chi connectivity index (χ0n) is 12.9. The van der Waals surface area contributed by atoms with Crippen LogP contribution in [-0.4, -0.2) is 29.0 Å². The highest BCUT2D eigenvalue weighted by Crippen LogP contribution is 2.19. The van der Waals surface area contributed by atoms with Crippen molar-refractivity contribution in [2.45, 2.75) is 6.92 Å². The van der Waals surface area contributed by atoms with E-state index in [4.69, 9.17) is 9.47 Å². The van der Waals surface area contributed by atoms with E-state index in [-0.39, 0.29) is 12.5 Å². The Labute approximate surface area is 133 Å². The van der Waals surface area contributed by atoms with Crippen LogP contribution in [0, 0.1) is 6.92 Å². The second-order valence-corrected chi connectivity index (χ2v) is 5.00. The molecular weight excluding hydrogens is 294 g/mol. The minimum atomic E-state index is -0.226. The van der Waals surface area contributed by atoms with Gasteiger partial charge in [0.25, 0.3) is 5.91 Å². The summed E-state index contributed by atoms with van der Waals surface area (Å²) in [6.45, 7) is 1.85. The summed E-state index contributed by atoms with van der Waals surface area (Å²) in [5, 5.41) is 2.85. The molecule has 0 aliphatic rings. The molecule has 1 amide bonds. The van der Waals surface area contributed by atoms with Gasteiger partial charge in [-0.1, -0.05) is 6.07 Å². The predicted molar refractivity (Wildman–Crippen MR) is 87.0 cm³/mol. The molecule has 0 aliphatic carbocycles. The third kappa shape index (κ3) is 3.26. The van der Waals surface area contributed by atoms with Crippen LogP contribution < -0.4 is 14.8 Å². The van der Waals surface area contributed by atoms with Gasteiger partial charge in [-0.3, -0.25) is 4.79 Å². The molecule has 0 bridgehead atoms. The smallest absolute Gasteiger partial charge is 0.262 e. The summed E-state index contributed by atoms with van der Waals surface area (Å²) >= 11 is 0. The normalized spacial score (nSPS) is 10.5. The maximum absolute atomic E-state index is 12.1. The number of hydrogen-bond acceptors (Lipinski definition) is 4. The second kappa shape index (κ2) is 6.39. The molecule has 6 heteroatoms. The number of aromatic nitrogens is 2. The van der Waals surface area contributed by atoms with Crippen LogP contribution in [0.15, 0.2) is 48.8 Å². The third-order valence-corrected chi connectivity index (χ3v) is 3.50. The molecule has 2 aromatic heterocycles. The fraction of sp³-hybridized carbons (Fsp3) is 0.176. The van der Waals surface area contributed by atoms with E-state index >= 15 is 0 Å². The Balaban J connectivity index is 1.65. The van der Waals surface area contributed by atoms with Gasteiger partial charge in [0.1, 0.15) is 17.1 Å². The number of hydrogen-bond donors (Lipinski definition) is 1. The summed E-state index contributed by atoms with van der Waals surface area (Å²) in [5.74, 6) is 1.04. The Morgan fingerprint density at radius 3 is 2.91 bits per heavy atom. The fourth-order valence-corrected chi connectivity index (χ4v) is 2.29. The van der Waals surface area contributed by atoms with Gasteiger partial charge in [-0.2, -0.15) is 0 Å². The van der Waals surface area contributed by atoms with E-state index in [1.165, 1.54) is 0 Å². The maximum Gasteiger partial charge on any atom is 0.262 e. The molecule has 1 N–H and O–H groups in total. The topological polar surface area (TPSA) is 64.9 Å². The summed E-state index contributed by atoms with van der Waals surface area (Å²) in [6, 6.07) is 10.8. The number of nitrogens with one attached hydrogen (secondary N) is 1. The lowest BCUT2D eigenvalue weighted by Gasteiger charge is -2.11. The molecule has 0 saturated heterocycles. The van der Waals surface area contributed by atoms with Crippen LogP contribution >= 0.6 is 0 Å². The molecule has 23 heavy (non-hydrogen) atoms. The number of fused-ring (bicyclic) bond motifs is 1. The van der Waals surface area contributed by atoms with Crippen LogP contribution in [0.2, 0.25) is 0 Å². The van der Waals surface area contributed by atoms with Gasteiger partial charge in [-0.05, 0) is 31.2 Å². The average Bonchev–Trinajstić information content (AvgIpc) is 3.05. The summed E-state index contributed by atoms with van der Waals surface area (Å²) in [7, 11) is 1.58. The van der Waals surface area contributed by atoms with Crippen LogP contribution in [0.5, 0.6) is 11.5 Å². The molecule has 118 valence electrons. The Kier molecular flexibility index (Phi) is 4.14. The summed E-state index contributed by atoms with van der Waals surface area (Å²) in [4.78, 5) is 16.3. The van der Waals surface area contributed by atoms with Crippen LogP contribution in [0.3, 0.4) is 0 Å². The van der Waals surface area contributed by atoms with Gasteiger partial charge in [0.15, 0.2) is 6.61 Å². The number of nitrogens with zero attached hydrogens (tertiary/aromatic N) is 2. The lowest BCUT2D eigenvalue weighted by Crippen LogP contribution is -2.21. The first-order valence-electron chi connectivity index (χ1n) is 7.17. The third-order valence-electron chi connectivity index (χ3n) is 3.50. The Bertz CT molecular complexity index is 842. The molecular formula is C17H17N3O3. The van der Waals surface area contributed by atoms with E-state index < -0.39 is 0 Å². The van der Waals surface area contributed by atoms with Gasteiger partial charge in [0, 0.05) is 24.2 Å². The molecule has 6 nitrogen and oxygen atoms in total. The number of carbonyl (C=O) groups is 1. The van der Waals surface area contributed by atoms with Gasteiger partial charge < -0.3 is 19.2 Å². The van der Waals surface area contributed by atoms with Crippen LogP contribution in [0.4, 0.5) is 5.69 Å². The van der Waals surface area contributed by atoms with Crippen LogP contribution in [-0.2, 0) is 4.79 Å². The number of imidazole rings is 1.